The van der Waals surface area contributed by atoms with Crippen molar-refractivity contribution < 1.29 is 9.53 Å². The van der Waals surface area contributed by atoms with E-state index in [0.29, 0.717) is 18.9 Å². The van der Waals surface area contributed by atoms with Crippen LogP contribution in [-0.2, 0) is 22.4 Å². The fourth-order valence-electron chi connectivity index (χ4n) is 2.99. The van der Waals surface area contributed by atoms with Crippen molar-refractivity contribution in [3.63, 3.8) is 0 Å². The van der Waals surface area contributed by atoms with Crippen LogP contribution in [0.2, 0.25) is 0 Å². The summed E-state index contributed by atoms with van der Waals surface area (Å²) in [5, 5.41) is 3.16. The van der Waals surface area contributed by atoms with Crippen LogP contribution in [0.5, 0.6) is 0 Å². The summed E-state index contributed by atoms with van der Waals surface area (Å²) in [7, 11) is 0. The molecule has 0 fully saturated rings. The van der Waals surface area contributed by atoms with Gasteiger partial charge in [-0.2, -0.15) is 0 Å². The van der Waals surface area contributed by atoms with Gasteiger partial charge in [0.15, 0.2) is 5.96 Å². The average molecular weight is 345 g/mol. The van der Waals surface area contributed by atoms with Gasteiger partial charge in [-0.05, 0) is 76.1 Å². The lowest BCUT2D eigenvalue weighted by Crippen LogP contribution is -2.23. The maximum absolute atomic E-state index is 11.6. The van der Waals surface area contributed by atoms with Gasteiger partial charge in [-0.15, -0.1) is 0 Å². The van der Waals surface area contributed by atoms with E-state index in [4.69, 9.17) is 10.5 Å². The molecule has 0 aliphatic heterocycles. The minimum Gasteiger partial charge on any atom is -0.460 e. The van der Waals surface area contributed by atoms with Gasteiger partial charge >= 0.3 is 5.97 Å². The van der Waals surface area contributed by atoms with Gasteiger partial charge in [0.2, 0.25) is 0 Å². The molecule has 3 N–H and O–H groups in total. The third-order valence-corrected chi connectivity index (χ3v) is 4.11. The summed E-state index contributed by atoms with van der Waals surface area (Å²) in [6.45, 7) is 6.32. The first-order valence-electron chi connectivity index (χ1n) is 9.24. The first-order chi connectivity index (χ1) is 11.8. The van der Waals surface area contributed by atoms with Crippen molar-refractivity contribution in [1.29, 1.82) is 0 Å². The van der Waals surface area contributed by atoms with Gasteiger partial charge in [-0.3, -0.25) is 9.79 Å². The Morgan fingerprint density at radius 2 is 1.96 bits per heavy atom. The zero-order valence-electron chi connectivity index (χ0n) is 15.7. The minimum absolute atomic E-state index is 0.131. The predicted molar refractivity (Wildman–Crippen MR) is 103 cm³/mol. The molecule has 0 spiro atoms. The lowest BCUT2D eigenvalue weighted by atomic mass is 10.1. The second kappa shape index (κ2) is 8.88. The van der Waals surface area contributed by atoms with Crippen LogP contribution in [0, 0.1) is 0 Å². The maximum Gasteiger partial charge on any atom is 0.306 e. The van der Waals surface area contributed by atoms with E-state index < -0.39 is 5.60 Å². The third-order valence-electron chi connectivity index (χ3n) is 4.11. The van der Waals surface area contributed by atoms with Gasteiger partial charge in [0.25, 0.3) is 0 Å². The van der Waals surface area contributed by atoms with Crippen LogP contribution >= 0.6 is 0 Å². The van der Waals surface area contributed by atoms with Gasteiger partial charge in [0.1, 0.15) is 5.60 Å². The smallest absolute Gasteiger partial charge is 0.306 e. The van der Waals surface area contributed by atoms with E-state index in [0.717, 1.165) is 31.4 Å². The Labute approximate surface area is 151 Å². The van der Waals surface area contributed by atoms with E-state index in [1.165, 1.54) is 24.0 Å². The molecule has 0 saturated carbocycles. The van der Waals surface area contributed by atoms with Crippen LogP contribution in [-0.4, -0.2) is 24.1 Å². The highest BCUT2D eigenvalue weighted by Gasteiger charge is 2.15. The maximum atomic E-state index is 11.6. The number of rotatable bonds is 7. The molecule has 1 aromatic carbocycles. The van der Waals surface area contributed by atoms with Crippen LogP contribution in [0.4, 0.5) is 5.69 Å². The number of unbranched alkanes of at least 4 members (excludes halogenated alkanes) is 2. The summed E-state index contributed by atoms with van der Waals surface area (Å²) >= 11 is 0. The normalized spacial score (nSPS) is 14.3. The monoisotopic (exact) mass is 345 g/mol. The Balaban J connectivity index is 1.62. The van der Waals surface area contributed by atoms with Gasteiger partial charge in [0.05, 0.1) is 0 Å². The van der Waals surface area contributed by atoms with Gasteiger partial charge < -0.3 is 15.8 Å². The van der Waals surface area contributed by atoms with Crippen molar-refractivity contribution in [1.82, 2.24) is 0 Å². The zero-order valence-corrected chi connectivity index (χ0v) is 15.7. The quantitative estimate of drug-likeness (QED) is 0.341. The van der Waals surface area contributed by atoms with E-state index >= 15 is 0 Å². The van der Waals surface area contributed by atoms with Crippen LogP contribution in [0.25, 0.3) is 0 Å². The van der Waals surface area contributed by atoms with E-state index in [2.05, 4.69) is 28.5 Å². The molecule has 0 aromatic heterocycles. The number of aliphatic imine (C=N–C) groups is 1. The fraction of sp³-hybridized carbons (Fsp3) is 0.600. The lowest BCUT2D eigenvalue weighted by molar-refractivity contribution is -0.154. The highest BCUT2D eigenvalue weighted by atomic mass is 16.6. The Morgan fingerprint density at radius 3 is 2.72 bits per heavy atom. The van der Waals surface area contributed by atoms with Crippen LogP contribution in [0.15, 0.2) is 23.2 Å². The molecule has 5 nitrogen and oxygen atoms in total. The molecule has 0 saturated heterocycles. The standard InChI is InChI=1S/C20H31N3O2/c1-20(2,3)25-18(24)10-5-4-6-13-22-19(21)23-17-12-11-15-8-7-9-16(15)14-17/h11-12,14H,4-10,13H2,1-3H3,(H3,21,22,23). The summed E-state index contributed by atoms with van der Waals surface area (Å²) in [5.74, 6) is 0.318. The van der Waals surface area contributed by atoms with Crippen molar-refractivity contribution in [3.8, 4) is 0 Å². The van der Waals surface area contributed by atoms with Gasteiger partial charge in [-0.25, -0.2) is 0 Å². The van der Waals surface area contributed by atoms with Crippen molar-refractivity contribution >= 4 is 17.6 Å². The zero-order chi connectivity index (χ0) is 18.3. The molecule has 0 atom stereocenters. The summed E-state index contributed by atoms with van der Waals surface area (Å²) < 4.78 is 5.28. The number of esters is 1. The number of benzene rings is 1. The molecule has 1 aromatic rings. The van der Waals surface area contributed by atoms with Crippen molar-refractivity contribution in [2.45, 2.75) is 71.3 Å². The summed E-state index contributed by atoms with van der Waals surface area (Å²) in [5.41, 5.74) is 9.42. The van der Waals surface area contributed by atoms with E-state index in [-0.39, 0.29) is 5.97 Å². The average Bonchev–Trinajstić information content (AvgIpc) is 2.96. The van der Waals surface area contributed by atoms with Crippen molar-refractivity contribution in [2.75, 3.05) is 11.9 Å². The van der Waals surface area contributed by atoms with Crippen LogP contribution in [0.1, 0.15) is 64.0 Å². The number of hydrogen-bond acceptors (Lipinski definition) is 3. The predicted octanol–water partition coefficient (Wildman–Crippen LogP) is 3.80. The number of guanidine groups is 1. The lowest BCUT2D eigenvalue weighted by Gasteiger charge is -2.19. The number of carbonyl (C=O) groups is 1. The summed E-state index contributed by atoms with van der Waals surface area (Å²) in [6.07, 6.45) is 6.71. The topological polar surface area (TPSA) is 76.7 Å². The van der Waals surface area contributed by atoms with Gasteiger partial charge in [-0.1, -0.05) is 12.5 Å². The fourth-order valence-corrected chi connectivity index (χ4v) is 2.99. The largest absolute Gasteiger partial charge is 0.460 e. The number of carbonyl (C=O) groups excluding carboxylic acids is 1. The number of ether oxygens (including phenoxy) is 1. The first kappa shape index (κ1) is 19.3. The SMILES string of the molecule is CC(C)(C)OC(=O)CCCCCN=C(N)Nc1ccc2c(c1)CCC2. The van der Waals surface area contributed by atoms with Crippen molar-refractivity contribution in [3.05, 3.63) is 29.3 Å². The van der Waals surface area contributed by atoms with E-state index in [1.54, 1.807) is 0 Å². The van der Waals surface area contributed by atoms with E-state index in [9.17, 15) is 4.79 Å². The molecule has 0 bridgehead atoms. The third kappa shape index (κ3) is 7.16. The summed E-state index contributed by atoms with van der Waals surface area (Å²) in [6, 6.07) is 6.41. The summed E-state index contributed by atoms with van der Waals surface area (Å²) in [4.78, 5) is 16.0. The van der Waals surface area contributed by atoms with Crippen LogP contribution in [0.3, 0.4) is 0 Å². The second-order valence-electron chi connectivity index (χ2n) is 7.63. The number of hydrogen-bond donors (Lipinski definition) is 2. The molecule has 1 aliphatic rings. The molecule has 0 unspecified atom stereocenters. The molecule has 138 valence electrons. The Morgan fingerprint density at radius 1 is 1.20 bits per heavy atom. The number of fused-ring (bicyclic) bond motifs is 1. The molecule has 0 amide bonds. The number of nitrogens with zero attached hydrogens (tertiary/aromatic N) is 1. The van der Waals surface area contributed by atoms with E-state index in [1.807, 2.05) is 20.8 Å². The molecule has 2 rings (SSSR count). The number of nitrogens with two attached hydrogens (primary N) is 1. The number of anilines is 1. The molecule has 25 heavy (non-hydrogen) atoms. The van der Waals surface area contributed by atoms with Gasteiger partial charge in [0, 0.05) is 18.7 Å². The molecular weight excluding hydrogens is 314 g/mol. The first-order valence-corrected chi connectivity index (χ1v) is 9.24. The van der Waals surface area contributed by atoms with Crippen molar-refractivity contribution in [2.24, 2.45) is 10.7 Å². The molecule has 0 radical (unpaired) electrons. The number of nitrogens with one attached hydrogen (secondary N) is 1. The molecular formula is C20H31N3O2. The Hall–Kier alpha value is -2.04. The Kier molecular flexibility index (Phi) is 6.85. The van der Waals surface area contributed by atoms with Crippen LogP contribution < -0.4 is 11.1 Å². The molecule has 5 heteroatoms. The minimum atomic E-state index is -0.404. The highest BCUT2D eigenvalue weighted by Crippen LogP contribution is 2.24. The second-order valence-corrected chi connectivity index (χ2v) is 7.63. The highest BCUT2D eigenvalue weighted by molar-refractivity contribution is 5.92. The Bertz CT molecular complexity index is 618. The molecule has 0 heterocycles. The molecule has 1 aliphatic carbocycles. The number of aryl methyl sites for hydroxylation is 2.